The van der Waals surface area contributed by atoms with E-state index in [9.17, 15) is 18.0 Å². The maximum Gasteiger partial charge on any atom is 0.328 e. The van der Waals surface area contributed by atoms with Crippen LogP contribution in [0.4, 0.5) is 0 Å². The smallest absolute Gasteiger partial charge is 0.328 e. The zero-order valence-corrected chi connectivity index (χ0v) is 16.3. The van der Waals surface area contributed by atoms with Gasteiger partial charge < -0.3 is 9.47 Å². The average Bonchev–Trinajstić information content (AvgIpc) is 2.90. The van der Waals surface area contributed by atoms with Gasteiger partial charge in [-0.2, -0.15) is 0 Å². The van der Waals surface area contributed by atoms with Crippen molar-refractivity contribution >= 4 is 21.8 Å². The summed E-state index contributed by atoms with van der Waals surface area (Å²) in [6.07, 6.45) is 0.503. The minimum absolute atomic E-state index is 0.0719. The number of hydrogen-bond donors (Lipinski definition) is 0. The maximum atomic E-state index is 13.3. The average molecular weight is 390 g/mol. The van der Waals surface area contributed by atoms with Gasteiger partial charge in [-0.05, 0) is 25.3 Å². The molecule has 0 saturated carbocycles. The Morgan fingerprint density at radius 2 is 1.59 bits per heavy atom. The molecule has 2 aliphatic heterocycles. The lowest BCUT2D eigenvalue weighted by atomic mass is 9.58. The van der Waals surface area contributed by atoms with Gasteiger partial charge in [0.15, 0.2) is 15.3 Å². The van der Waals surface area contributed by atoms with Gasteiger partial charge in [0.1, 0.15) is 0 Å². The van der Waals surface area contributed by atoms with Crippen LogP contribution in [0.5, 0.6) is 0 Å². The van der Waals surface area contributed by atoms with Crippen molar-refractivity contribution in [1.29, 1.82) is 0 Å². The van der Waals surface area contributed by atoms with E-state index < -0.39 is 44.8 Å². The van der Waals surface area contributed by atoms with Crippen LogP contribution >= 0.6 is 0 Å². The first-order chi connectivity index (χ1) is 12.6. The number of cyclic esters (lactones) is 2. The fraction of sp³-hybridized carbons (Fsp3) is 0.500. The summed E-state index contributed by atoms with van der Waals surface area (Å²) in [5, 5.41) is 0. The standard InChI is InChI=1S/C20H22O6S/c1-12-11-15(13-7-5-4-6-8-13)20(14-9-10-27(23,24)16(12)14)17(21)25-19(2,3)26-18(20)22/h4-8,14-15H,9-11H2,1-3H3/t14-,15+/m0/s1. The summed E-state index contributed by atoms with van der Waals surface area (Å²) in [7, 11) is -3.49. The molecule has 1 aromatic carbocycles. The van der Waals surface area contributed by atoms with Gasteiger partial charge in [-0.3, -0.25) is 9.59 Å². The molecule has 0 bridgehead atoms. The summed E-state index contributed by atoms with van der Waals surface area (Å²) >= 11 is 0. The normalized spacial score (nSPS) is 30.6. The summed E-state index contributed by atoms with van der Waals surface area (Å²) in [5.41, 5.74) is -0.161. The molecule has 6 nitrogen and oxygen atoms in total. The van der Waals surface area contributed by atoms with Gasteiger partial charge in [-0.15, -0.1) is 0 Å². The molecular weight excluding hydrogens is 368 g/mol. The first-order valence-electron chi connectivity index (χ1n) is 9.04. The van der Waals surface area contributed by atoms with Crippen LogP contribution in [0.25, 0.3) is 0 Å². The number of fused-ring (bicyclic) bond motifs is 2. The number of esters is 2. The van der Waals surface area contributed by atoms with Crippen LogP contribution in [0.15, 0.2) is 40.8 Å². The predicted octanol–water partition coefficient (Wildman–Crippen LogP) is 2.71. The number of hydrogen-bond acceptors (Lipinski definition) is 6. The van der Waals surface area contributed by atoms with Crippen molar-refractivity contribution in [2.45, 2.75) is 45.3 Å². The lowest BCUT2D eigenvalue weighted by molar-refractivity contribution is -0.257. The molecule has 2 atom stereocenters. The molecule has 1 aromatic rings. The van der Waals surface area contributed by atoms with Crippen molar-refractivity contribution in [3.8, 4) is 0 Å². The van der Waals surface area contributed by atoms with Gasteiger partial charge in [-0.1, -0.05) is 35.9 Å². The van der Waals surface area contributed by atoms with E-state index in [-0.39, 0.29) is 17.1 Å². The molecule has 0 aromatic heterocycles. The number of carbonyl (C=O) groups excluding carboxylic acids is 2. The zero-order chi connectivity index (χ0) is 19.6. The van der Waals surface area contributed by atoms with Crippen molar-refractivity contribution < 1.29 is 27.5 Å². The second kappa shape index (κ2) is 5.67. The minimum Gasteiger partial charge on any atom is -0.422 e. The van der Waals surface area contributed by atoms with E-state index in [1.807, 2.05) is 30.3 Å². The van der Waals surface area contributed by atoms with Crippen LogP contribution in [-0.2, 0) is 28.9 Å². The second-order valence-corrected chi connectivity index (χ2v) is 10.1. The van der Waals surface area contributed by atoms with E-state index in [1.165, 1.54) is 13.8 Å². The Balaban J connectivity index is 1.98. The molecule has 0 unspecified atom stereocenters. The third kappa shape index (κ3) is 2.47. The molecule has 0 N–H and O–H groups in total. The Morgan fingerprint density at radius 1 is 1.00 bits per heavy atom. The quantitative estimate of drug-likeness (QED) is 0.541. The summed E-state index contributed by atoms with van der Waals surface area (Å²) in [5.74, 6) is -4.10. The summed E-state index contributed by atoms with van der Waals surface area (Å²) in [6, 6.07) is 9.25. The lowest BCUT2D eigenvalue weighted by Gasteiger charge is -2.49. The number of ether oxygens (including phenoxy) is 2. The van der Waals surface area contributed by atoms with E-state index in [0.29, 0.717) is 12.0 Å². The molecule has 0 amide bonds. The van der Waals surface area contributed by atoms with Crippen LogP contribution in [0, 0.1) is 11.3 Å². The Hall–Kier alpha value is -2.15. The van der Waals surface area contributed by atoms with E-state index in [4.69, 9.17) is 9.47 Å². The Labute approximate surface area is 158 Å². The highest BCUT2D eigenvalue weighted by Crippen LogP contribution is 2.60. The molecular formula is C20H22O6S. The SMILES string of the molecule is CC1=C2[C@H](CCS2(=O)=O)C2(C(=O)OC(C)(C)OC2=O)[C@@H](c2ccccc2)C1. The predicted molar refractivity (Wildman–Crippen MR) is 97.1 cm³/mol. The molecule has 1 aliphatic carbocycles. The first-order valence-corrected chi connectivity index (χ1v) is 10.7. The van der Waals surface area contributed by atoms with Crippen LogP contribution in [0.2, 0.25) is 0 Å². The fourth-order valence-electron chi connectivity index (χ4n) is 4.89. The van der Waals surface area contributed by atoms with Gasteiger partial charge >= 0.3 is 11.9 Å². The third-order valence-electron chi connectivity index (χ3n) is 5.91. The van der Waals surface area contributed by atoms with Crippen molar-refractivity contribution in [2.24, 2.45) is 11.3 Å². The Kier molecular flexibility index (Phi) is 3.83. The molecule has 0 radical (unpaired) electrons. The van der Waals surface area contributed by atoms with E-state index in [1.54, 1.807) is 6.92 Å². The molecule has 2 fully saturated rings. The van der Waals surface area contributed by atoms with Gasteiger partial charge in [-0.25, -0.2) is 8.42 Å². The maximum absolute atomic E-state index is 13.3. The van der Waals surface area contributed by atoms with Gasteiger partial charge in [0.25, 0.3) is 5.79 Å². The molecule has 27 heavy (non-hydrogen) atoms. The van der Waals surface area contributed by atoms with Crippen molar-refractivity contribution in [1.82, 2.24) is 0 Å². The van der Waals surface area contributed by atoms with Crippen LogP contribution in [0.1, 0.15) is 45.1 Å². The number of carbonyl (C=O) groups is 2. The van der Waals surface area contributed by atoms with E-state index in [0.717, 1.165) is 5.56 Å². The van der Waals surface area contributed by atoms with Crippen molar-refractivity contribution in [2.75, 3.05) is 5.75 Å². The third-order valence-corrected chi connectivity index (χ3v) is 7.99. The Bertz CT molecular complexity index is 937. The van der Waals surface area contributed by atoms with E-state index in [2.05, 4.69) is 0 Å². The van der Waals surface area contributed by atoms with E-state index >= 15 is 0 Å². The molecule has 4 rings (SSSR count). The Morgan fingerprint density at radius 3 is 2.19 bits per heavy atom. The molecule has 144 valence electrons. The molecule has 3 aliphatic rings. The molecule has 2 heterocycles. The van der Waals surface area contributed by atoms with Crippen molar-refractivity contribution in [3.63, 3.8) is 0 Å². The number of benzene rings is 1. The molecule has 2 saturated heterocycles. The second-order valence-electron chi connectivity index (χ2n) is 8.02. The van der Waals surface area contributed by atoms with Gasteiger partial charge in [0.2, 0.25) is 0 Å². The lowest BCUT2D eigenvalue weighted by Crippen LogP contribution is -2.60. The number of sulfone groups is 1. The zero-order valence-electron chi connectivity index (χ0n) is 15.5. The highest BCUT2D eigenvalue weighted by atomic mass is 32.2. The van der Waals surface area contributed by atoms with Gasteiger partial charge in [0, 0.05) is 30.6 Å². The summed E-state index contributed by atoms with van der Waals surface area (Å²) in [4.78, 5) is 26.8. The topological polar surface area (TPSA) is 86.7 Å². The fourth-order valence-corrected chi connectivity index (χ4v) is 7.01. The first kappa shape index (κ1) is 18.2. The monoisotopic (exact) mass is 390 g/mol. The minimum atomic E-state index is -3.49. The largest absolute Gasteiger partial charge is 0.422 e. The van der Waals surface area contributed by atoms with Crippen LogP contribution < -0.4 is 0 Å². The van der Waals surface area contributed by atoms with Crippen LogP contribution in [-0.4, -0.2) is 31.9 Å². The molecule has 7 heteroatoms. The summed E-state index contributed by atoms with van der Waals surface area (Å²) < 4.78 is 36.3. The highest BCUT2D eigenvalue weighted by Gasteiger charge is 2.69. The van der Waals surface area contributed by atoms with Crippen LogP contribution in [0.3, 0.4) is 0 Å². The summed E-state index contributed by atoms with van der Waals surface area (Å²) in [6.45, 7) is 4.78. The highest BCUT2D eigenvalue weighted by molar-refractivity contribution is 7.95. The number of rotatable bonds is 1. The van der Waals surface area contributed by atoms with Gasteiger partial charge in [0.05, 0.1) is 5.75 Å². The number of allylic oxidation sites excluding steroid dienone is 2. The van der Waals surface area contributed by atoms with Crippen molar-refractivity contribution in [3.05, 3.63) is 46.4 Å². The molecule has 1 spiro atoms.